The molecule has 0 aromatic rings. The van der Waals surface area contributed by atoms with Gasteiger partial charge in [-0.2, -0.15) is 84.2 Å². The number of aliphatic hydroxyl groups is 1. The van der Waals surface area contributed by atoms with Crippen molar-refractivity contribution in [1.29, 1.82) is 0 Å². The first-order chi connectivity index (χ1) is 32.8. The van der Waals surface area contributed by atoms with Crippen LogP contribution in [0, 0.1) is 0 Å². The second-order valence-electron chi connectivity index (χ2n) is 13.4. The second kappa shape index (κ2) is 24.0. The standard InChI is InChI=1S/C18H32O46S10/c19-7-11(60-70(35,36)37)9(58-68(29,30)31)5(2-51-66(23,24)25)53-16(7)57-18-14(63-73(44,45)46)12(61-71(38,39)40)8(4(54-18)1-50-65(20,21)22)56-17-15(64-74(47,48)49)13(62-72(41,42)43)10(59-69(32,33)34)6(55-17)3-52-67(26,27)28/h4-19H,1-3H2,(H,20,21,22)(H,23,24,25)(H,26,27,28)(H,29,30,31)(H,32,33,34)(H,35,36,37)(H,38,39,40)(H,41,42,43)(H,44,45,46)(H,47,48,49)/t4-,5-,6-,7-,8-,9-,10-,11-,12+,13+,14-,15-,16-,17+,18-/m1/s1. The summed E-state index contributed by atoms with van der Waals surface area (Å²) in [5.74, 6) is 0. The number of hydrogen-bond acceptors (Lipinski definition) is 36. The molecule has 3 heterocycles. The van der Waals surface area contributed by atoms with E-state index in [4.69, 9.17) is 32.8 Å². The second-order valence-corrected chi connectivity index (χ2v) is 24.0. The molecule has 3 saturated heterocycles. The van der Waals surface area contributed by atoms with E-state index in [0.717, 1.165) is 0 Å². The van der Waals surface area contributed by atoms with Gasteiger partial charge in [0.1, 0.15) is 61.0 Å². The van der Waals surface area contributed by atoms with Crippen LogP contribution < -0.4 is 0 Å². The van der Waals surface area contributed by atoms with Crippen molar-refractivity contribution in [3.63, 3.8) is 0 Å². The molecule has 46 nitrogen and oxygen atoms in total. The quantitative estimate of drug-likeness (QED) is 0.0340. The van der Waals surface area contributed by atoms with Crippen LogP contribution in [0.15, 0.2) is 0 Å². The van der Waals surface area contributed by atoms with Crippen molar-refractivity contribution < 1.29 is 200 Å². The molecule has 440 valence electrons. The third-order valence-electron chi connectivity index (χ3n) is 8.13. The van der Waals surface area contributed by atoms with Gasteiger partial charge in [0.15, 0.2) is 31.1 Å². The molecule has 3 aliphatic rings. The fourth-order valence-electron chi connectivity index (χ4n) is 6.04. The molecule has 11 N–H and O–H groups in total. The Hall–Kier alpha value is -1.54. The van der Waals surface area contributed by atoms with Crippen LogP contribution in [0.3, 0.4) is 0 Å². The fourth-order valence-corrected chi connectivity index (χ4v) is 10.5. The van der Waals surface area contributed by atoms with E-state index in [1.807, 2.05) is 0 Å². The number of aliphatic hydroxyl groups excluding tert-OH is 1. The maximum atomic E-state index is 12.4. The molecule has 0 amide bonds. The van der Waals surface area contributed by atoms with E-state index < -0.39 is 216 Å². The molecule has 0 unspecified atom stereocenters. The van der Waals surface area contributed by atoms with Gasteiger partial charge in [0.2, 0.25) is 0 Å². The van der Waals surface area contributed by atoms with Gasteiger partial charge < -0.3 is 28.8 Å². The monoisotopic (exact) mass is 1300 g/mol. The van der Waals surface area contributed by atoms with Crippen molar-refractivity contribution in [2.45, 2.75) is 92.1 Å². The van der Waals surface area contributed by atoms with E-state index in [1.165, 1.54) is 0 Å². The molecule has 3 aliphatic heterocycles. The first-order valence-corrected chi connectivity index (χ1v) is 30.8. The Morgan fingerprint density at radius 1 is 0.270 bits per heavy atom. The van der Waals surface area contributed by atoms with E-state index in [2.05, 4.69) is 41.8 Å². The summed E-state index contributed by atoms with van der Waals surface area (Å²) in [6.45, 7) is -6.10. The molecule has 0 aromatic heterocycles. The van der Waals surface area contributed by atoms with Crippen LogP contribution in [-0.2, 0) is 170 Å². The third-order valence-corrected chi connectivity index (χ3v) is 12.7. The van der Waals surface area contributed by atoms with Gasteiger partial charge in [-0.3, -0.25) is 45.5 Å². The number of hydrogen-bond donors (Lipinski definition) is 11. The molecule has 56 heteroatoms. The Balaban J connectivity index is 2.43. The Morgan fingerprint density at radius 3 is 0.811 bits per heavy atom. The van der Waals surface area contributed by atoms with Gasteiger partial charge >= 0.3 is 104 Å². The average Bonchev–Trinajstić information content (AvgIpc) is 3.12. The normalized spacial score (nSPS) is 32.8. The van der Waals surface area contributed by atoms with Crippen molar-refractivity contribution >= 4 is 104 Å². The van der Waals surface area contributed by atoms with Gasteiger partial charge in [-0.25, -0.2) is 41.8 Å². The summed E-state index contributed by atoms with van der Waals surface area (Å²) in [4.78, 5) is 0. The van der Waals surface area contributed by atoms with Crippen LogP contribution >= 0.6 is 0 Å². The summed E-state index contributed by atoms with van der Waals surface area (Å²) in [6.07, 6.45) is -49.6. The van der Waals surface area contributed by atoms with Crippen LogP contribution in [0.2, 0.25) is 0 Å². The highest BCUT2D eigenvalue weighted by Crippen LogP contribution is 2.39. The van der Waals surface area contributed by atoms with E-state index in [-0.39, 0.29) is 0 Å². The largest absolute Gasteiger partial charge is 0.397 e. The summed E-state index contributed by atoms with van der Waals surface area (Å²) in [7, 11) is -61.4. The maximum absolute atomic E-state index is 12.4. The fraction of sp³-hybridized carbons (Fsp3) is 1.00. The zero-order valence-electron chi connectivity index (χ0n) is 34.1. The van der Waals surface area contributed by atoms with Gasteiger partial charge in [-0.15, -0.1) is 0 Å². The minimum Gasteiger partial charge on any atom is -0.385 e. The highest BCUT2D eigenvalue weighted by molar-refractivity contribution is 7.83. The van der Waals surface area contributed by atoms with E-state index in [0.29, 0.717) is 0 Å². The Morgan fingerprint density at radius 2 is 0.500 bits per heavy atom. The molecule has 74 heavy (non-hydrogen) atoms. The van der Waals surface area contributed by atoms with Crippen LogP contribution in [0.5, 0.6) is 0 Å². The van der Waals surface area contributed by atoms with Gasteiger partial charge in [-0.1, -0.05) is 0 Å². The molecule has 0 aliphatic carbocycles. The zero-order chi connectivity index (χ0) is 57.4. The lowest BCUT2D eigenvalue weighted by Crippen LogP contribution is -2.68. The number of ether oxygens (including phenoxy) is 5. The summed E-state index contributed by atoms with van der Waals surface area (Å²) >= 11 is 0. The van der Waals surface area contributed by atoms with Crippen LogP contribution in [0.4, 0.5) is 0 Å². The van der Waals surface area contributed by atoms with Crippen LogP contribution in [0.25, 0.3) is 0 Å². The molecule has 0 aromatic carbocycles. The molecule has 15 atom stereocenters. The van der Waals surface area contributed by atoms with E-state index >= 15 is 0 Å². The van der Waals surface area contributed by atoms with E-state index in [9.17, 15) is 126 Å². The molecule has 3 fully saturated rings. The van der Waals surface area contributed by atoms with Crippen molar-refractivity contribution in [3.05, 3.63) is 0 Å². The van der Waals surface area contributed by atoms with Crippen LogP contribution in [-0.4, -0.2) is 247 Å². The Bertz CT molecular complexity index is 3130. The lowest BCUT2D eigenvalue weighted by Gasteiger charge is -2.49. The molecule has 0 saturated carbocycles. The molecule has 0 spiro atoms. The van der Waals surface area contributed by atoms with Crippen molar-refractivity contribution in [3.8, 4) is 0 Å². The molecule has 0 bridgehead atoms. The average molecular weight is 1310 g/mol. The highest BCUT2D eigenvalue weighted by Gasteiger charge is 2.60. The van der Waals surface area contributed by atoms with Crippen molar-refractivity contribution in [2.24, 2.45) is 0 Å². The van der Waals surface area contributed by atoms with Gasteiger partial charge in [0.05, 0.1) is 19.8 Å². The predicted octanol–water partition coefficient (Wildman–Crippen LogP) is -9.30. The van der Waals surface area contributed by atoms with Crippen LogP contribution in [0.1, 0.15) is 0 Å². The van der Waals surface area contributed by atoms with Gasteiger partial charge in [0, 0.05) is 0 Å². The topological polar surface area (TPSA) is 702 Å². The minimum absolute atomic E-state index is 1.93. The first-order valence-electron chi connectivity index (χ1n) is 17.2. The SMILES string of the molecule is O=S(=O)(O)OC[C@H]1O[C@H](O[C@H]2O[C@H](COS(=O)(=O)O)[C@@H](OS(=O)(=O)O)[C@H](OS(=O)(=O)O)[C@H]2O)[C@H](OS(=O)(=O)O)[C@@H](OS(=O)(=O)O)[C@@H]1O[C@@H]1O[C@H](COS(=O)(=O)O)[C@@H](OS(=O)(=O)O)[C@H](OS(=O)(=O)O)[C@H]1OS(=O)(=O)O. The van der Waals surface area contributed by atoms with Gasteiger partial charge in [-0.05, 0) is 0 Å². The Kier molecular flexibility index (Phi) is 21.7. The summed E-state index contributed by atoms with van der Waals surface area (Å²) in [5, 5.41) is 11.1. The molecule has 3 rings (SSSR count). The van der Waals surface area contributed by atoms with Gasteiger partial charge in [0.25, 0.3) is 0 Å². The zero-order valence-corrected chi connectivity index (χ0v) is 42.2. The highest BCUT2D eigenvalue weighted by atomic mass is 32.3. The van der Waals surface area contributed by atoms with Crippen molar-refractivity contribution in [1.82, 2.24) is 0 Å². The minimum atomic E-state index is -6.47. The molecular weight excluding hydrogens is 1270 g/mol. The molecular formula is C18H32O46S10. The maximum Gasteiger partial charge on any atom is 0.397 e. The lowest BCUT2D eigenvalue weighted by molar-refractivity contribution is -0.383. The van der Waals surface area contributed by atoms with E-state index in [1.54, 1.807) is 0 Å². The smallest absolute Gasteiger partial charge is 0.385 e. The number of rotatable bonds is 27. The predicted molar refractivity (Wildman–Crippen MR) is 205 cm³/mol. The summed E-state index contributed by atoms with van der Waals surface area (Å²) in [6, 6.07) is 0. The van der Waals surface area contributed by atoms with Crippen molar-refractivity contribution in [2.75, 3.05) is 19.8 Å². The summed E-state index contributed by atoms with van der Waals surface area (Å²) < 4.78 is 398. The summed E-state index contributed by atoms with van der Waals surface area (Å²) in [5.41, 5.74) is 0. The third kappa shape index (κ3) is 23.8. The Labute approximate surface area is 414 Å². The first kappa shape index (κ1) is 66.7. The molecule has 0 radical (unpaired) electrons. The lowest BCUT2D eigenvalue weighted by atomic mass is 9.96.